The summed E-state index contributed by atoms with van der Waals surface area (Å²) in [6.45, 7) is 2.90. The highest BCUT2D eigenvalue weighted by atomic mass is 16.5. The molecule has 1 saturated carbocycles. The topological polar surface area (TPSA) is 29.5 Å². The number of ether oxygens (including phenoxy) is 1. The molecule has 0 aromatic rings. The Labute approximate surface area is 94.0 Å². The lowest BCUT2D eigenvalue weighted by Gasteiger charge is -2.26. The average molecular weight is 214 g/mol. The largest absolute Gasteiger partial charge is 0.393 e. The highest BCUT2D eigenvalue weighted by Gasteiger charge is 2.21. The predicted molar refractivity (Wildman–Crippen MR) is 62.9 cm³/mol. The van der Waals surface area contributed by atoms with E-state index in [1.54, 1.807) is 7.11 Å². The van der Waals surface area contributed by atoms with Crippen LogP contribution in [0.5, 0.6) is 0 Å². The summed E-state index contributed by atoms with van der Waals surface area (Å²) in [6.07, 6.45) is 8.64. The van der Waals surface area contributed by atoms with E-state index >= 15 is 0 Å². The van der Waals surface area contributed by atoms with Gasteiger partial charge in [-0.2, -0.15) is 0 Å². The fraction of sp³-hybridized carbons (Fsp3) is 1.00. The van der Waals surface area contributed by atoms with Gasteiger partial charge >= 0.3 is 0 Å². The van der Waals surface area contributed by atoms with Gasteiger partial charge in [-0.15, -0.1) is 0 Å². The Morgan fingerprint density at radius 1 is 1.27 bits per heavy atom. The maximum absolute atomic E-state index is 10.0. The van der Waals surface area contributed by atoms with E-state index in [0.29, 0.717) is 5.92 Å². The molecular formula is C13H26O2. The van der Waals surface area contributed by atoms with E-state index in [9.17, 15) is 5.11 Å². The molecule has 2 nitrogen and oxygen atoms in total. The standard InChI is InChI=1S/C13H26O2/c1-11(8-9-15-2)13(14)10-12-6-4-3-5-7-12/h11-14H,3-10H2,1-2H3. The van der Waals surface area contributed by atoms with E-state index in [0.717, 1.165) is 25.4 Å². The van der Waals surface area contributed by atoms with Crippen LogP contribution in [0.4, 0.5) is 0 Å². The lowest BCUT2D eigenvalue weighted by Crippen LogP contribution is -2.23. The molecule has 1 aliphatic carbocycles. The van der Waals surface area contributed by atoms with Gasteiger partial charge in [0.15, 0.2) is 0 Å². The van der Waals surface area contributed by atoms with Crippen molar-refractivity contribution in [3.05, 3.63) is 0 Å². The van der Waals surface area contributed by atoms with Gasteiger partial charge in [0.05, 0.1) is 6.10 Å². The van der Waals surface area contributed by atoms with E-state index in [1.807, 2.05) is 0 Å². The van der Waals surface area contributed by atoms with Gasteiger partial charge in [-0.1, -0.05) is 39.0 Å². The summed E-state index contributed by atoms with van der Waals surface area (Å²) in [6, 6.07) is 0. The monoisotopic (exact) mass is 214 g/mol. The fourth-order valence-electron chi connectivity index (χ4n) is 2.49. The Morgan fingerprint density at radius 2 is 1.93 bits per heavy atom. The minimum atomic E-state index is -0.122. The highest BCUT2D eigenvalue weighted by molar-refractivity contribution is 4.73. The maximum atomic E-state index is 10.0. The molecule has 1 N–H and O–H groups in total. The van der Waals surface area contributed by atoms with Crippen molar-refractivity contribution in [2.45, 2.75) is 58.0 Å². The summed E-state index contributed by atoms with van der Waals surface area (Å²) >= 11 is 0. The first kappa shape index (κ1) is 13.0. The van der Waals surface area contributed by atoms with E-state index in [4.69, 9.17) is 4.74 Å². The number of rotatable bonds is 6. The number of methoxy groups -OCH3 is 1. The average Bonchev–Trinajstić information content (AvgIpc) is 2.27. The predicted octanol–water partition coefficient (Wildman–Crippen LogP) is 2.99. The highest BCUT2D eigenvalue weighted by Crippen LogP contribution is 2.29. The first-order chi connectivity index (χ1) is 7.24. The molecule has 2 heteroatoms. The minimum Gasteiger partial charge on any atom is -0.393 e. The van der Waals surface area contributed by atoms with Crippen LogP contribution >= 0.6 is 0 Å². The van der Waals surface area contributed by atoms with Gasteiger partial charge < -0.3 is 9.84 Å². The second-order valence-electron chi connectivity index (χ2n) is 5.07. The smallest absolute Gasteiger partial charge is 0.0569 e. The van der Waals surface area contributed by atoms with Crippen molar-refractivity contribution in [3.8, 4) is 0 Å². The van der Waals surface area contributed by atoms with Gasteiger partial charge in [0.1, 0.15) is 0 Å². The van der Waals surface area contributed by atoms with Gasteiger partial charge in [-0.3, -0.25) is 0 Å². The zero-order valence-corrected chi connectivity index (χ0v) is 10.2. The molecule has 0 aliphatic heterocycles. The van der Waals surface area contributed by atoms with E-state index in [-0.39, 0.29) is 6.10 Å². The van der Waals surface area contributed by atoms with Crippen molar-refractivity contribution in [2.24, 2.45) is 11.8 Å². The number of aliphatic hydroxyl groups excluding tert-OH is 1. The van der Waals surface area contributed by atoms with Crippen LogP contribution in [-0.2, 0) is 4.74 Å². The molecule has 1 rings (SSSR count). The van der Waals surface area contributed by atoms with Gasteiger partial charge in [0.25, 0.3) is 0 Å². The Kier molecular flexibility index (Phi) is 6.26. The summed E-state index contributed by atoms with van der Waals surface area (Å²) in [5.41, 5.74) is 0. The van der Waals surface area contributed by atoms with E-state index in [1.165, 1.54) is 32.1 Å². The number of hydrogen-bond donors (Lipinski definition) is 1. The molecule has 2 atom stereocenters. The Morgan fingerprint density at radius 3 is 2.53 bits per heavy atom. The molecule has 15 heavy (non-hydrogen) atoms. The molecule has 1 aliphatic rings. The summed E-state index contributed by atoms with van der Waals surface area (Å²) in [4.78, 5) is 0. The summed E-state index contributed by atoms with van der Waals surface area (Å²) < 4.78 is 5.04. The molecule has 0 aromatic heterocycles. The van der Waals surface area contributed by atoms with Crippen LogP contribution in [0, 0.1) is 11.8 Å². The molecular weight excluding hydrogens is 188 g/mol. The lowest BCUT2D eigenvalue weighted by atomic mass is 9.82. The molecule has 1 fully saturated rings. The van der Waals surface area contributed by atoms with Gasteiger partial charge in [-0.05, 0) is 24.7 Å². The minimum absolute atomic E-state index is 0.122. The Hall–Kier alpha value is -0.0800. The molecule has 90 valence electrons. The van der Waals surface area contributed by atoms with Crippen molar-refractivity contribution in [1.29, 1.82) is 0 Å². The third kappa shape index (κ3) is 4.98. The van der Waals surface area contributed by atoms with Crippen molar-refractivity contribution in [3.63, 3.8) is 0 Å². The van der Waals surface area contributed by atoms with Crippen LogP contribution in [0.15, 0.2) is 0 Å². The molecule has 2 unspecified atom stereocenters. The number of hydrogen-bond acceptors (Lipinski definition) is 2. The van der Waals surface area contributed by atoms with Crippen LogP contribution in [0.25, 0.3) is 0 Å². The maximum Gasteiger partial charge on any atom is 0.0569 e. The molecule has 0 bridgehead atoms. The third-order valence-electron chi connectivity index (χ3n) is 3.73. The van der Waals surface area contributed by atoms with Gasteiger partial charge in [0.2, 0.25) is 0 Å². The first-order valence-corrected chi connectivity index (χ1v) is 6.41. The van der Waals surface area contributed by atoms with E-state index in [2.05, 4.69) is 6.92 Å². The lowest BCUT2D eigenvalue weighted by molar-refractivity contribution is 0.0627. The SMILES string of the molecule is COCCC(C)C(O)CC1CCCCC1. The molecule has 0 radical (unpaired) electrons. The third-order valence-corrected chi connectivity index (χ3v) is 3.73. The van der Waals surface area contributed by atoms with Crippen LogP contribution in [-0.4, -0.2) is 24.9 Å². The molecule has 0 saturated heterocycles. The molecule has 0 aromatic carbocycles. The quantitative estimate of drug-likeness (QED) is 0.736. The van der Waals surface area contributed by atoms with Crippen LogP contribution in [0.2, 0.25) is 0 Å². The van der Waals surface area contributed by atoms with E-state index < -0.39 is 0 Å². The zero-order chi connectivity index (χ0) is 11.1. The van der Waals surface area contributed by atoms with Crippen molar-refractivity contribution >= 4 is 0 Å². The second-order valence-corrected chi connectivity index (χ2v) is 5.07. The molecule has 0 amide bonds. The first-order valence-electron chi connectivity index (χ1n) is 6.41. The normalized spacial score (nSPS) is 22.6. The fourth-order valence-corrected chi connectivity index (χ4v) is 2.49. The van der Waals surface area contributed by atoms with Crippen LogP contribution in [0.1, 0.15) is 51.9 Å². The van der Waals surface area contributed by atoms with Crippen molar-refractivity contribution in [2.75, 3.05) is 13.7 Å². The van der Waals surface area contributed by atoms with Crippen molar-refractivity contribution in [1.82, 2.24) is 0 Å². The summed E-state index contributed by atoms with van der Waals surface area (Å²) in [5.74, 6) is 1.16. The Balaban J connectivity index is 2.17. The summed E-state index contributed by atoms with van der Waals surface area (Å²) in [5, 5.41) is 10.0. The van der Waals surface area contributed by atoms with Gasteiger partial charge in [0, 0.05) is 13.7 Å². The van der Waals surface area contributed by atoms with Gasteiger partial charge in [-0.25, -0.2) is 0 Å². The molecule has 0 heterocycles. The number of aliphatic hydroxyl groups is 1. The zero-order valence-electron chi connectivity index (χ0n) is 10.2. The summed E-state index contributed by atoms with van der Waals surface area (Å²) in [7, 11) is 1.72. The van der Waals surface area contributed by atoms with Crippen LogP contribution < -0.4 is 0 Å². The van der Waals surface area contributed by atoms with Crippen LogP contribution in [0.3, 0.4) is 0 Å². The molecule has 0 spiro atoms. The van der Waals surface area contributed by atoms with Crippen molar-refractivity contribution < 1.29 is 9.84 Å². The Bertz CT molecular complexity index is 153. The second kappa shape index (κ2) is 7.24.